The van der Waals surface area contributed by atoms with Gasteiger partial charge in [-0.2, -0.15) is 0 Å². The van der Waals surface area contributed by atoms with Crippen molar-refractivity contribution in [3.8, 4) is 5.75 Å². The number of hydrogen-bond donors (Lipinski definition) is 1. The summed E-state index contributed by atoms with van der Waals surface area (Å²) < 4.78 is 5.01. The van der Waals surface area contributed by atoms with Gasteiger partial charge in [-0.25, -0.2) is 0 Å². The van der Waals surface area contributed by atoms with Gasteiger partial charge in [0.15, 0.2) is 0 Å². The van der Waals surface area contributed by atoms with E-state index in [1.54, 1.807) is 23.5 Å². The summed E-state index contributed by atoms with van der Waals surface area (Å²) in [6, 6.07) is 1.68. The molecule has 1 aliphatic rings. The van der Waals surface area contributed by atoms with Crippen LogP contribution in [-0.4, -0.2) is 42.1 Å². The second-order valence-electron chi connectivity index (χ2n) is 3.93. The van der Waals surface area contributed by atoms with E-state index in [1.807, 2.05) is 0 Å². The molecular weight excluding hydrogens is 242 g/mol. The van der Waals surface area contributed by atoms with E-state index in [0.717, 1.165) is 0 Å². The van der Waals surface area contributed by atoms with Crippen molar-refractivity contribution in [3.05, 3.63) is 16.3 Å². The zero-order valence-electron chi connectivity index (χ0n) is 9.38. The fraction of sp³-hybridized carbons (Fsp3) is 0.455. The molecule has 1 N–H and O–H groups in total. The average Bonchev–Trinajstić information content (AvgIpc) is 2.97. The Hall–Kier alpha value is -1.56. The molecule has 92 valence electrons. The molecule has 0 bridgehead atoms. The summed E-state index contributed by atoms with van der Waals surface area (Å²) in [5.41, 5.74) is 0. The van der Waals surface area contributed by atoms with Crippen LogP contribution in [0.4, 0.5) is 0 Å². The number of nitrogens with zero attached hydrogens (tertiary/aromatic N) is 1. The van der Waals surface area contributed by atoms with Gasteiger partial charge in [-0.05, 0) is 6.42 Å². The third-order valence-electron chi connectivity index (χ3n) is 2.85. The lowest BCUT2D eigenvalue weighted by atomic mass is 10.1. The summed E-state index contributed by atoms with van der Waals surface area (Å²) in [4.78, 5) is 25.0. The van der Waals surface area contributed by atoms with Crippen LogP contribution in [0.5, 0.6) is 5.75 Å². The minimum absolute atomic E-state index is 0.109. The number of carbonyl (C=O) groups is 2. The molecule has 6 heteroatoms. The minimum atomic E-state index is -0.830. The van der Waals surface area contributed by atoms with Crippen molar-refractivity contribution >= 4 is 23.2 Å². The van der Waals surface area contributed by atoms with Gasteiger partial charge in [0.25, 0.3) is 5.91 Å². The zero-order valence-corrected chi connectivity index (χ0v) is 10.2. The Labute approximate surface area is 103 Å². The quantitative estimate of drug-likeness (QED) is 0.884. The van der Waals surface area contributed by atoms with Crippen LogP contribution in [0, 0.1) is 5.92 Å². The van der Waals surface area contributed by atoms with Crippen LogP contribution < -0.4 is 4.74 Å². The lowest BCUT2D eigenvalue weighted by Crippen LogP contribution is -2.29. The number of carboxylic acids is 1. The molecule has 1 unspecified atom stereocenters. The Morgan fingerprint density at radius 2 is 2.35 bits per heavy atom. The highest BCUT2D eigenvalue weighted by atomic mass is 32.1. The van der Waals surface area contributed by atoms with Gasteiger partial charge in [0, 0.05) is 24.5 Å². The molecule has 1 fully saturated rings. The summed E-state index contributed by atoms with van der Waals surface area (Å²) in [5.74, 6) is -0.709. The van der Waals surface area contributed by atoms with Gasteiger partial charge in [-0.15, -0.1) is 11.3 Å². The van der Waals surface area contributed by atoms with E-state index in [9.17, 15) is 9.59 Å². The molecule has 0 radical (unpaired) electrons. The SMILES string of the molecule is COc1csc(C(=O)N2CCC(C(=O)O)C2)c1. The highest BCUT2D eigenvalue weighted by molar-refractivity contribution is 7.12. The van der Waals surface area contributed by atoms with Crippen molar-refractivity contribution in [2.75, 3.05) is 20.2 Å². The summed E-state index contributed by atoms with van der Waals surface area (Å²) >= 11 is 1.32. The molecule has 0 saturated carbocycles. The number of aliphatic carboxylic acids is 1. The minimum Gasteiger partial charge on any atom is -0.496 e. The van der Waals surface area contributed by atoms with Crippen molar-refractivity contribution < 1.29 is 19.4 Å². The zero-order chi connectivity index (χ0) is 12.4. The number of carboxylic acid groups (broad SMARTS) is 1. The monoisotopic (exact) mass is 255 g/mol. The highest BCUT2D eigenvalue weighted by Crippen LogP contribution is 2.25. The van der Waals surface area contributed by atoms with Crippen LogP contribution in [0.25, 0.3) is 0 Å². The lowest BCUT2D eigenvalue weighted by Gasteiger charge is -2.14. The van der Waals surface area contributed by atoms with E-state index in [4.69, 9.17) is 9.84 Å². The first-order valence-corrected chi connectivity index (χ1v) is 6.14. The second kappa shape index (κ2) is 4.75. The second-order valence-corrected chi connectivity index (χ2v) is 4.84. The fourth-order valence-electron chi connectivity index (χ4n) is 1.84. The van der Waals surface area contributed by atoms with E-state index < -0.39 is 11.9 Å². The maximum Gasteiger partial charge on any atom is 0.308 e. The molecule has 1 aliphatic heterocycles. The van der Waals surface area contributed by atoms with Crippen molar-refractivity contribution in [2.24, 2.45) is 5.92 Å². The van der Waals surface area contributed by atoms with E-state index in [1.165, 1.54) is 11.3 Å². The fourth-order valence-corrected chi connectivity index (χ4v) is 2.66. The van der Waals surface area contributed by atoms with Crippen molar-refractivity contribution in [3.63, 3.8) is 0 Å². The molecule has 1 saturated heterocycles. The largest absolute Gasteiger partial charge is 0.496 e. The molecule has 1 atom stereocenters. The molecule has 2 heterocycles. The smallest absolute Gasteiger partial charge is 0.308 e. The number of rotatable bonds is 3. The standard InChI is InChI=1S/C11H13NO4S/c1-16-8-4-9(17-6-8)10(13)12-3-2-7(5-12)11(14)15/h4,6-7H,2-3,5H2,1H3,(H,14,15). The Bertz CT molecular complexity index is 442. The first-order chi connectivity index (χ1) is 8.11. The molecule has 0 spiro atoms. The Balaban J connectivity index is 2.04. The number of thiophene rings is 1. The van der Waals surface area contributed by atoms with Crippen LogP contribution in [0.15, 0.2) is 11.4 Å². The number of carbonyl (C=O) groups excluding carboxylic acids is 1. The molecule has 2 rings (SSSR count). The molecule has 1 aromatic heterocycles. The maximum absolute atomic E-state index is 12.0. The number of amides is 1. The van der Waals surface area contributed by atoms with E-state index >= 15 is 0 Å². The molecule has 17 heavy (non-hydrogen) atoms. The highest BCUT2D eigenvalue weighted by Gasteiger charge is 2.31. The van der Waals surface area contributed by atoms with Crippen LogP contribution in [-0.2, 0) is 4.79 Å². The summed E-state index contributed by atoms with van der Waals surface area (Å²) in [7, 11) is 1.55. The maximum atomic E-state index is 12.0. The van der Waals surface area contributed by atoms with E-state index in [-0.39, 0.29) is 5.91 Å². The first-order valence-electron chi connectivity index (χ1n) is 5.26. The van der Waals surface area contributed by atoms with Crippen LogP contribution >= 0.6 is 11.3 Å². The number of hydrogen-bond acceptors (Lipinski definition) is 4. The number of methoxy groups -OCH3 is 1. The van der Waals surface area contributed by atoms with E-state index in [0.29, 0.717) is 30.1 Å². The Morgan fingerprint density at radius 3 is 2.88 bits per heavy atom. The van der Waals surface area contributed by atoms with Gasteiger partial charge in [0.2, 0.25) is 0 Å². The Morgan fingerprint density at radius 1 is 1.59 bits per heavy atom. The van der Waals surface area contributed by atoms with Gasteiger partial charge in [0.1, 0.15) is 5.75 Å². The van der Waals surface area contributed by atoms with Crippen molar-refractivity contribution in [1.82, 2.24) is 4.90 Å². The summed E-state index contributed by atoms with van der Waals surface area (Å²) in [5, 5.41) is 10.6. The third kappa shape index (κ3) is 2.41. The summed E-state index contributed by atoms with van der Waals surface area (Å²) in [6.45, 7) is 0.810. The number of ether oxygens (including phenoxy) is 1. The van der Waals surface area contributed by atoms with E-state index in [2.05, 4.69) is 0 Å². The van der Waals surface area contributed by atoms with Gasteiger partial charge in [0.05, 0.1) is 17.9 Å². The molecule has 5 nitrogen and oxygen atoms in total. The van der Waals surface area contributed by atoms with Gasteiger partial charge in [-0.3, -0.25) is 9.59 Å². The topological polar surface area (TPSA) is 66.8 Å². The number of likely N-dealkylation sites (tertiary alicyclic amines) is 1. The molecule has 0 aromatic carbocycles. The van der Waals surface area contributed by atoms with Crippen molar-refractivity contribution in [1.29, 1.82) is 0 Å². The summed E-state index contributed by atoms with van der Waals surface area (Å²) in [6.07, 6.45) is 0.531. The van der Waals surface area contributed by atoms with Gasteiger partial charge < -0.3 is 14.7 Å². The van der Waals surface area contributed by atoms with Crippen LogP contribution in [0.3, 0.4) is 0 Å². The molecule has 1 aromatic rings. The molecular formula is C11H13NO4S. The lowest BCUT2D eigenvalue weighted by molar-refractivity contribution is -0.141. The van der Waals surface area contributed by atoms with Gasteiger partial charge in [-0.1, -0.05) is 0 Å². The van der Waals surface area contributed by atoms with Gasteiger partial charge >= 0.3 is 5.97 Å². The normalized spacial score (nSPS) is 19.4. The molecule has 0 aliphatic carbocycles. The third-order valence-corrected chi connectivity index (χ3v) is 3.74. The molecule has 1 amide bonds. The first kappa shape index (κ1) is 11.9. The van der Waals surface area contributed by atoms with Crippen LogP contribution in [0.1, 0.15) is 16.1 Å². The Kier molecular flexibility index (Phi) is 3.33. The van der Waals surface area contributed by atoms with Crippen molar-refractivity contribution in [2.45, 2.75) is 6.42 Å². The predicted molar refractivity (Wildman–Crippen MR) is 62.5 cm³/mol. The predicted octanol–water partition coefficient (Wildman–Crippen LogP) is 1.30. The average molecular weight is 255 g/mol. The van der Waals surface area contributed by atoms with Crippen LogP contribution in [0.2, 0.25) is 0 Å².